The Morgan fingerprint density at radius 2 is 2.17 bits per heavy atom. The van der Waals surface area contributed by atoms with Gasteiger partial charge in [0.2, 0.25) is 11.6 Å². The topological polar surface area (TPSA) is 194 Å². The van der Waals surface area contributed by atoms with Crippen molar-refractivity contribution in [3.8, 4) is 11.5 Å². The van der Waals surface area contributed by atoms with Gasteiger partial charge < -0.3 is 14.8 Å². The molecule has 0 bridgehead atoms. The smallest absolute Gasteiger partial charge is 0.342 e. The van der Waals surface area contributed by atoms with Crippen molar-refractivity contribution in [1.29, 1.82) is 0 Å². The molecule has 0 saturated heterocycles. The number of nitro groups is 1. The second-order valence-corrected chi connectivity index (χ2v) is 5.26. The Labute approximate surface area is 162 Å². The van der Waals surface area contributed by atoms with E-state index in [1.54, 1.807) is 6.92 Å². The van der Waals surface area contributed by atoms with Crippen molar-refractivity contribution in [2.45, 2.75) is 6.92 Å². The highest BCUT2D eigenvalue weighted by Gasteiger charge is 2.21. The monoisotopic (exact) mass is 407 g/mol. The number of aromatic amines is 2. The molecule has 2 aromatic rings. The Hall–Kier alpha value is -4.23. The van der Waals surface area contributed by atoms with Crippen LogP contribution in [0.2, 0.25) is 0 Å². The van der Waals surface area contributed by atoms with Crippen molar-refractivity contribution in [2.75, 3.05) is 25.6 Å². The first-order valence-corrected chi connectivity index (χ1v) is 8.09. The number of anilines is 1. The number of H-pyrrole nitrogens is 2. The van der Waals surface area contributed by atoms with Crippen LogP contribution < -0.4 is 31.5 Å². The van der Waals surface area contributed by atoms with Crippen LogP contribution in [0.5, 0.6) is 11.5 Å². The molecule has 0 aliphatic heterocycles. The number of nitrogens with zero attached hydrogens (tertiary/aromatic N) is 3. The van der Waals surface area contributed by atoms with E-state index in [0.29, 0.717) is 0 Å². The summed E-state index contributed by atoms with van der Waals surface area (Å²) in [7, 11) is 1.34. The van der Waals surface area contributed by atoms with Gasteiger partial charge in [-0.3, -0.25) is 24.7 Å². The lowest BCUT2D eigenvalue weighted by molar-refractivity contribution is -0.385. The molecule has 0 radical (unpaired) electrons. The van der Waals surface area contributed by atoms with E-state index >= 15 is 0 Å². The molecule has 4 N–H and O–H groups in total. The molecule has 0 unspecified atom stereocenters. The van der Waals surface area contributed by atoms with E-state index in [-0.39, 0.29) is 41.7 Å². The lowest BCUT2D eigenvalue weighted by Crippen LogP contribution is -2.31. The molecule has 1 aromatic heterocycles. The van der Waals surface area contributed by atoms with Crippen molar-refractivity contribution in [1.82, 2.24) is 20.6 Å². The molecule has 0 atom stereocenters. The molecule has 154 valence electrons. The first kappa shape index (κ1) is 21.1. The maximum atomic E-state index is 11.8. The molecule has 2 rings (SSSR count). The summed E-state index contributed by atoms with van der Waals surface area (Å²) in [5, 5.41) is 22.8. The SMILES string of the molecule is CCOc1c(OC)cc(/C=N/NC(=O)CNc2n[nH]c(=O)[nH]c2=O)cc1[N+](=O)[O-]. The fourth-order valence-electron chi connectivity index (χ4n) is 2.11. The van der Waals surface area contributed by atoms with E-state index in [4.69, 9.17) is 9.47 Å². The third kappa shape index (κ3) is 5.62. The number of methoxy groups -OCH3 is 1. The van der Waals surface area contributed by atoms with E-state index in [2.05, 4.69) is 20.9 Å². The number of rotatable bonds is 9. The predicted octanol–water partition coefficient (Wildman–Crippen LogP) is -0.664. The highest BCUT2D eigenvalue weighted by Crippen LogP contribution is 2.37. The molecular formula is C15H17N7O7. The zero-order valence-electron chi connectivity index (χ0n) is 15.3. The van der Waals surface area contributed by atoms with Crippen LogP contribution in [0.25, 0.3) is 0 Å². The quantitative estimate of drug-likeness (QED) is 0.237. The standard InChI is InChI=1S/C15H17N7O7/c1-3-29-12-9(22(26)27)4-8(5-10(12)28-2)6-17-19-11(23)7-16-13-14(24)18-15(25)21-20-13/h4-6H,3,7H2,1-2H3,(H,16,20)(H,19,23)(H2,18,21,24,25)/b17-6+. The lowest BCUT2D eigenvalue weighted by Gasteiger charge is -2.10. The molecular weight excluding hydrogens is 390 g/mol. The van der Waals surface area contributed by atoms with Gasteiger partial charge in [-0.15, -0.1) is 5.10 Å². The minimum absolute atomic E-state index is 0.0102. The number of benzene rings is 1. The summed E-state index contributed by atoms with van der Waals surface area (Å²) in [5.41, 5.74) is 0.562. The van der Waals surface area contributed by atoms with Gasteiger partial charge in [0, 0.05) is 11.6 Å². The minimum atomic E-state index is -0.793. The third-order valence-electron chi connectivity index (χ3n) is 3.29. The van der Waals surface area contributed by atoms with Crippen LogP contribution in [-0.4, -0.2) is 52.5 Å². The Morgan fingerprint density at radius 1 is 1.41 bits per heavy atom. The van der Waals surface area contributed by atoms with Crippen LogP contribution in [0.4, 0.5) is 11.5 Å². The van der Waals surface area contributed by atoms with E-state index in [1.165, 1.54) is 25.5 Å². The van der Waals surface area contributed by atoms with Gasteiger partial charge in [-0.2, -0.15) is 5.10 Å². The highest BCUT2D eigenvalue weighted by atomic mass is 16.6. The fraction of sp³-hybridized carbons (Fsp3) is 0.267. The van der Waals surface area contributed by atoms with Crippen LogP contribution in [0, 0.1) is 10.1 Å². The van der Waals surface area contributed by atoms with Crippen LogP contribution in [-0.2, 0) is 4.79 Å². The Bertz CT molecular complexity index is 1040. The molecule has 1 heterocycles. The number of nitro benzene ring substituents is 1. The number of ether oxygens (including phenoxy) is 2. The normalized spacial score (nSPS) is 10.6. The lowest BCUT2D eigenvalue weighted by atomic mass is 10.2. The summed E-state index contributed by atoms with van der Waals surface area (Å²) in [6.07, 6.45) is 1.17. The number of carbonyl (C=O) groups is 1. The van der Waals surface area contributed by atoms with Crippen LogP contribution in [0.1, 0.15) is 12.5 Å². The van der Waals surface area contributed by atoms with Crippen molar-refractivity contribution in [2.24, 2.45) is 5.10 Å². The van der Waals surface area contributed by atoms with Gasteiger partial charge in [-0.05, 0) is 13.0 Å². The largest absolute Gasteiger partial charge is 0.493 e. The molecule has 0 spiro atoms. The average Bonchev–Trinajstić information content (AvgIpc) is 2.68. The highest BCUT2D eigenvalue weighted by molar-refractivity contribution is 5.86. The molecule has 0 saturated carbocycles. The molecule has 1 aromatic carbocycles. The molecule has 14 nitrogen and oxygen atoms in total. The van der Waals surface area contributed by atoms with Crippen LogP contribution in [0.15, 0.2) is 26.8 Å². The molecule has 14 heteroatoms. The van der Waals surface area contributed by atoms with Crippen LogP contribution in [0.3, 0.4) is 0 Å². The second-order valence-electron chi connectivity index (χ2n) is 5.26. The molecule has 29 heavy (non-hydrogen) atoms. The van der Waals surface area contributed by atoms with Gasteiger partial charge in [-0.1, -0.05) is 0 Å². The van der Waals surface area contributed by atoms with Crippen molar-refractivity contribution < 1.29 is 19.2 Å². The van der Waals surface area contributed by atoms with E-state index in [9.17, 15) is 24.5 Å². The third-order valence-corrected chi connectivity index (χ3v) is 3.29. The van der Waals surface area contributed by atoms with E-state index in [0.717, 1.165) is 0 Å². The van der Waals surface area contributed by atoms with E-state index in [1.807, 2.05) is 10.1 Å². The number of aromatic nitrogens is 3. The number of amides is 1. The summed E-state index contributed by atoms with van der Waals surface area (Å²) in [5.74, 6) is -0.764. The number of hydrogen-bond acceptors (Lipinski definition) is 10. The van der Waals surface area contributed by atoms with Gasteiger partial charge in [0.25, 0.3) is 11.5 Å². The zero-order valence-corrected chi connectivity index (χ0v) is 15.3. The average molecular weight is 407 g/mol. The van der Waals surface area contributed by atoms with Gasteiger partial charge in [0.05, 0.1) is 31.4 Å². The van der Waals surface area contributed by atoms with Gasteiger partial charge in [-0.25, -0.2) is 15.3 Å². The molecule has 1 amide bonds. The molecule has 0 fully saturated rings. The van der Waals surface area contributed by atoms with Gasteiger partial charge in [0.15, 0.2) is 5.75 Å². The summed E-state index contributed by atoms with van der Waals surface area (Å²) in [4.78, 5) is 46.6. The van der Waals surface area contributed by atoms with Crippen molar-refractivity contribution >= 4 is 23.6 Å². The van der Waals surface area contributed by atoms with Crippen molar-refractivity contribution in [3.05, 3.63) is 48.6 Å². The maximum Gasteiger partial charge on any atom is 0.342 e. The summed E-state index contributed by atoms with van der Waals surface area (Å²) >= 11 is 0. The number of hydrazone groups is 1. The van der Waals surface area contributed by atoms with Crippen molar-refractivity contribution in [3.63, 3.8) is 0 Å². The summed E-state index contributed by atoms with van der Waals surface area (Å²) in [6, 6.07) is 2.67. The van der Waals surface area contributed by atoms with E-state index < -0.39 is 22.1 Å². The summed E-state index contributed by atoms with van der Waals surface area (Å²) in [6.45, 7) is 1.52. The molecule has 0 aliphatic rings. The maximum absolute atomic E-state index is 11.8. The van der Waals surface area contributed by atoms with Gasteiger partial charge in [0.1, 0.15) is 0 Å². The fourth-order valence-corrected chi connectivity index (χ4v) is 2.11. The Morgan fingerprint density at radius 3 is 2.79 bits per heavy atom. The Balaban J connectivity index is 2.06. The van der Waals surface area contributed by atoms with Crippen LogP contribution >= 0.6 is 0 Å². The minimum Gasteiger partial charge on any atom is -0.493 e. The van der Waals surface area contributed by atoms with Gasteiger partial charge >= 0.3 is 11.4 Å². The predicted molar refractivity (Wildman–Crippen MR) is 101 cm³/mol. The Kier molecular flexibility index (Phi) is 7.00. The molecule has 0 aliphatic carbocycles. The number of carbonyl (C=O) groups excluding carboxylic acids is 1. The number of hydrogen-bond donors (Lipinski definition) is 4. The summed E-state index contributed by atoms with van der Waals surface area (Å²) < 4.78 is 10.4. The number of nitrogens with one attached hydrogen (secondary N) is 4. The first-order valence-electron chi connectivity index (χ1n) is 8.09. The zero-order chi connectivity index (χ0) is 21.4. The first-order chi connectivity index (χ1) is 13.8. The second kappa shape index (κ2) is 9.63.